The highest BCUT2D eigenvalue weighted by atomic mass is 16.5. The van der Waals surface area contributed by atoms with Crippen LogP contribution in [0.5, 0.6) is 5.75 Å². The fraction of sp³-hybridized carbons (Fsp3) is 0.629. The zero-order valence-corrected chi connectivity index (χ0v) is 27.4. The molecular weight excluding hydrogens is 588 g/mol. The minimum Gasteiger partial charge on any atom is -0.494 e. The first-order valence-electron chi connectivity index (χ1n) is 16.8. The Morgan fingerprint density at radius 1 is 1.07 bits per heavy atom. The number of anilines is 1. The summed E-state index contributed by atoms with van der Waals surface area (Å²) in [5.74, 6) is -1.55. The summed E-state index contributed by atoms with van der Waals surface area (Å²) in [4.78, 5) is 51.2. The number of ether oxygens (including phenoxy) is 3. The zero-order chi connectivity index (χ0) is 32.9. The number of rotatable bonds is 16. The average Bonchev–Trinajstić information content (AvgIpc) is 3.68. The summed E-state index contributed by atoms with van der Waals surface area (Å²) in [5, 5.41) is 9.75. The molecule has 46 heavy (non-hydrogen) atoms. The quantitative estimate of drug-likeness (QED) is 0.275. The fourth-order valence-electron chi connectivity index (χ4n) is 8.07. The van der Waals surface area contributed by atoms with Crippen molar-refractivity contribution >= 4 is 23.4 Å². The first-order chi connectivity index (χ1) is 22.3. The Kier molecular flexibility index (Phi) is 10.9. The Balaban J connectivity index is 1.50. The number of benzene rings is 1. The number of amides is 3. The molecule has 1 spiro atoms. The molecule has 3 amide bonds. The minimum absolute atomic E-state index is 0.122. The molecule has 0 saturated carbocycles. The van der Waals surface area contributed by atoms with E-state index in [1.165, 1.54) is 0 Å². The van der Waals surface area contributed by atoms with E-state index in [4.69, 9.17) is 14.2 Å². The standard InChI is InChI=1S/C35H50N4O7/c1-5-16-37(20-19-36-21-24-44-25-22-36)33(43)30-35-15-14-34(7-3,46-35)28(29(35)32(42)39(30)18-9-23-40)31(41)38(17-6-2)26-10-12-27(13-11-26)45-8-4/h5-6,10-13,28-30,40H,1-2,7-9,14-25H2,3-4H3/t28-,29+,30?,34+,35?/m1/s1. The summed E-state index contributed by atoms with van der Waals surface area (Å²) in [7, 11) is 0. The number of likely N-dealkylation sites (tertiary alicyclic amines) is 1. The molecule has 4 heterocycles. The maximum atomic E-state index is 14.7. The van der Waals surface area contributed by atoms with Gasteiger partial charge in [-0.15, -0.1) is 13.2 Å². The predicted octanol–water partition coefficient (Wildman–Crippen LogP) is 2.49. The minimum atomic E-state index is -1.14. The highest BCUT2D eigenvalue weighted by molar-refractivity contribution is 6.03. The van der Waals surface area contributed by atoms with Gasteiger partial charge in [0, 0.05) is 58.1 Å². The van der Waals surface area contributed by atoms with E-state index in [1.54, 1.807) is 26.9 Å². The van der Waals surface area contributed by atoms with Crippen LogP contribution in [0.4, 0.5) is 5.69 Å². The lowest BCUT2D eigenvalue weighted by Crippen LogP contribution is -2.57. The third-order valence-electron chi connectivity index (χ3n) is 10.2. The molecule has 4 aliphatic heterocycles. The van der Waals surface area contributed by atoms with Crippen LogP contribution < -0.4 is 9.64 Å². The summed E-state index contributed by atoms with van der Waals surface area (Å²) < 4.78 is 18.1. The number of aliphatic hydroxyl groups excluding tert-OH is 1. The first-order valence-corrected chi connectivity index (χ1v) is 16.8. The molecule has 1 N–H and O–H groups in total. The van der Waals surface area contributed by atoms with Gasteiger partial charge in [-0.2, -0.15) is 0 Å². The van der Waals surface area contributed by atoms with Crippen LogP contribution in [-0.4, -0.2) is 127 Å². The number of nitrogens with zero attached hydrogens (tertiary/aromatic N) is 4. The average molecular weight is 639 g/mol. The van der Waals surface area contributed by atoms with E-state index in [0.29, 0.717) is 76.6 Å². The van der Waals surface area contributed by atoms with Crippen molar-refractivity contribution in [3.63, 3.8) is 0 Å². The second kappa shape index (κ2) is 14.7. The van der Waals surface area contributed by atoms with Gasteiger partial charge in [-0.05, 0) is 56.9 Å². The van der Waals surface area contributed by atoms with Crippen LogP contribution >= 0.6 is 0 Å². The normalized spacial score (nSPS) is 28.6. The van der Waals surface area contributed by atoms with Crippen LogP contribution in [0.15, 0.2) is 49.6 Å². The lowest BCUT2D eigenvalue weighted by atomic mass is 9.64. The molecule has 4 aliphatic rings. The van der Waals surface area contributed by atoms with Crippen molar-refractivity contribution in [3.05, 3.63) is 49.6 Å². The van der Waals surface area contributed by atoms with Crippen molar-refractivity contribution in [1.82, 2.24) is 14.7 Å². The smallest absolute Gasteiger partial charge is 0.248 e. The third kappa shape index (κ3) is 6.10. The Hall–Kier alpha value is -3.25. The lowest BCUT2D eigenvalue weighted by molar-refractivity contribution is -0.152. The van der Waals surface area contributed by atoms with Crippen molar-refractivity contribution in [2.24, 2.45) is 11.8 Å². The Labute approximate surface area is 272 Å². The molecule has 4 saturated heterocycles. The van der Waals surface area contributed by atoms with Crippen molar-refractivity contribution in [3.8, 4) is 5.75 Å². The summed E-state index contributed by atoms with van der Waals surface area (Å²) in [6, 6.07) is 6.44. The highest BCUT2D eigenvalue weighted by Gasteiger charge is 2.79. The second-order valence-corrected chi connectivity index (χ2v) is 12.6. The van der Waals surface area contributed by atoms with Gasteiger partial charge in [-0.3, -0.25) is 19.3 Å². The number of carbonyl (C=O) groups is 3. The van der Waals surface area contributed by atoms with E-state index in [0.717, 1.165) is 13.1 Å². The van der Waals surface area contributed by atoms with Crippen LogP contribution in [-0.2, 0) is 23.9 Å². The largest absolute Gasteiger partial charge is 0.494 e. The van der Waals surface area contributed by atoms with Gasteiger partial charge in [0.2, 0.25) is 17.7 Å². The number of morpholine rings is 1. The molecule has 1 aromatic rings. The molecule has 1 aromatic carbocycles. The molecule has 11 heteroatoms. The first kappa shape index (κ1) is 34.1. The van der Waals surface area contributed by atoms with Gasteiger partial charge >= 0.3 is 0 Å². The monoisotopic (exact) mass is 638 g/mol. The summed E-state index contributed by atoms with van der Waals surface area (Å²) in [5.41, 5.74) is -1.34. The van der Waals surface area contributed by atoms with Crippen LogP contribution in [0, 0.1) is 11.8 Å². The van der Waals surface area contributed by atoms with E-state index < -0.39 is 29.1 Å². The van der Waals surface area contributed by atoms with Crippen LogP contribution in [0.25, 0.3) is 0 Å². The maximum Gasteiger partial charge on any atom is 0.248 e. The Morgan fingerprint density at radius 3 is 2.41 bits per heavy atom. The third-order valence-corrected chi connectivity index (χ3v) is 10.2. The maximum absolute atomic E-state index is 14.7. The van der Waals surface area contributed by atoms with Gasteiger partial charge in [0.1, 0.15) is 17.4 Å². The van der Waals surface area contributed by atoms with Crippen molar-refractivity contribution in [2.45, 2.75) is 56.8 Å². The number of hydrogen-bond acceptors (Lipinski definition) is 8. The SMILES string of the molecule is C=CCN(CCN1CCOCC1)C(=O)C1N(CCCO)C(=O)[C@@H]2[C@H](C(=O)N(CC=C)c3ccc(OCC)cc3)[C@]3(CC)CCC12O3. The summed E-state index contributed by atoms with van der Waals surface area (Å²) in [6.45, 7) is 17.0. The molecule has 4 fully saturated rings. The second-order valence-electron chi connectivity index (χ2n) is 12.6. The summed E-state index contributed by atoms with van der Waals surface area (Å²) in [6.07, 6.45) is 5.31. The van der Waals surface area contributed by atoms with Crippen LogP contribution in [0.1, 0.15) is 39.5 Å². The number of aliphatic hydroxyl groups is 1. The van der Waals surface area contributed by atoms with Gasteiger partial charge in [-0.1, -0.05) is 19.1 Å². The van der Waals surface area contributed by atoms with Crippen LogP contribution in [0.2, 0.25) is 0 Å². The Morgan fingerprint density at radius 2 is 1.78 bits per heavy atom. The van der Waals surface area contributed by atoms with E-state index in [9.17, 15) is 19.5 Å². The van der Waals surface area contributed by atoms with E-state index >= 15 is 0 Å². The lowest BCUT2D eigenvalue weighted by Gasteiger charge is -2.37. The van der Waals surface area contributed by atoms with Crippen molar-refractivity contribution in [1.29, 1.82) is 0 Å². The molecule has 5 atom stereocenters. The molecule has 5 rings (SSSR count). The predicted molar refractivity (Wildman–Crippen MR) is 174 cm³/mol. The van der Waals surface area contributed by atoms with E-state index in [-0.39, 0.29) is 37.4 Å². The number of fused-ring (bicyclic) bond motifs is 1. The highest BCUT2D eigenvalue weighted by Crippen LogP contribution is 2.64. The van der Waals surface area contributed by atoms with Crippen molar-refractivity contribution in [2.75, 3.05) is 77.1 Å². The van der Waals surface area contributed by atoms with Crippen LogP contribution in [0.3, 0.4) is 0 Å². The molecule has 2 bridgehead atoms. The number of carbonyl (C=O) groups excluding carboxylic acids is 3. The molecule has 252 valence electrons. The van der Waals surface area contributed by atoms with Gasteiger partial charge in [-0.25, -0.2) is 0 Å². The van der Waals surface area contributed by atoms with Gasteiger partial charge < -0.3 is 34.0 Å². The molecule has 0 aromatic heterocycles. The zero-order valence-electron chi connectivity index (χ0n) is 27.4. The van der Waals surface area contributed by atoms with E-state index in [1.807, 2.05) is 38.1 Å². The van der Waals surface area contributed by atoms with Crippen molar-refractivity contribution < 1.29 is 33.7 Å². The fourth-order valence-corrected chi connectivity index (χ4v) is 8.07. The molecular formula is C35H50N4O7. The Bertz CT molecular complexity index is 1270. The molecule has 11 nitrogen and oxygen atoms in total. The van der Waals surface area contributed by atoms with Gasteiger partial charge in [0.15, 0.2) is 0 Å². The topological polar surface area (TPSA) is 112 Å². The van der Waals surface area contributed by atoms with Gasteiger partial charge in [0.25, 0.3) is 0 Å². The summed E-state index contributed by atoms with van der Waals surface area (Å²) >= 11 is 0. The molecule has 0 radical (unpaired) electrons. The van der Waals surface area contributed by atoms with E-state index in [2.05, 4.69) is 18.1 Å². The molecule has 0 aliphatic carbocycles. The number of hydrogen-bond donors (Lipinski definition) is 1. The molecule has 2 unspecified atom stereocenters. The van der Waals surface area contributed by atoms with Gasteiger partial charge in [0.05, 0.1) is 37.3 Å².